The summed E-state index contributed by atoms with van der Waals surface area (Å²) in [6, 6.07) is 6.78. The molecule has 0 aliphatic heterocycles. The Morgan fingerprint density at radius 3 is 3.00 bits per heavy atom. The van der Waals surface area contributed by atoms with Crippen LogP contribution >= 0.6 is 0 Å². The molecule has 3 heterocycles. The molecule has 21 heavy (non-hydrogen) atoms. The predicted octanol–water partition coefficient (Wildman–Crippen LogP) is 2.24. The highest BCUT2D eigenvalue weighted by Crippen LogP contribution is 2.19. The molecular weight excluding hydrogens is 273 g/mol. The molecule has 0 aromatic carbocycles. The molecule has 0 unspecified atom stereocenters. The van der Waals surface area contributed by atoms with Crippen LogP contribution in [0.3, 0.4) is 0 Å². The monoisotopic (exact) mass is 285 g/mol. The summed E-state index contributed by atoms with van der Waals surface area (Å²) in [6.45, 7) is 0.779. The minimum Gasteiger partial charge on any atom is -0.311 e. The summed E-state index contributed by atoms with van der Waals surface area (Å²) in [6.07, 6.45) is 3.26. The van der Waals surface area contributed by atoms with Gasteiger partial charge in [0, 0.05) is 24.6 Å². The first-order valence-electron chi connectivity index (χ1n) is 6.31. The van der Waals surface area contributed by atoms with E-state index in [0.717, 1.165) is 10.9 Å². The first-order chi connectivity index (χ1) is 10.2. The molecule has 1 N–H and O–H groups in total. The maximum Gasteiger partial charge on any atom is 0.222 e. The summed E-state index contributed by atoms with van der Waals surface area (Å²) in [5, 5.41) is 7.66. The average molecular weight is 285 g/mol. The van der Waals surface area contributed by atoms with Crippen molar-refractivity contribution in [3.63, 3.8) is 0 Å². The van der Waals surface area contributed by atoms with Gasteiger partial charge >= 0.3 is 0 Å². The molecule has 0 aliphatic rings. The van der Waals surface area contributed by atoms with Gasteiger partial charge in [0.15, 0.2) is 5.82 Å². The number of halogens is 1. The zero-order chi connectivity index (χ0) is 14.8. The first kappa shape index (κ1) is 13.2. The van der Waals surface area contributed by atoms with E-state index in [2.05, 4.69) is 20.4 Å². The number of hydrogen-bond donors (Lipinski definition) is 1. The van der Waals surface area contributed by atoms with Gasteiger partial charge in [-0.25, -0.2) is 19.0 Å². The third-order valence-electron chi connectivity index (χ3n) is 2.90. The van der Waals surface area contributed by atoms with Crippen molar-refractivity contribution in [3.05, 3.63) is 42.4 Å². The van der Waals surface area contributed by atoms with E-state index in [0.29, 0.717) is 17.3 Å². The summed E-state index contributed by atoms with van der Waals surface area (Å²) in [4.78, 5) is 19.4. The van der Waals surface area contributed by atoms with Crippen LogP contribution in [0.2, 0.25) is 0 Å². The second-order valence-corrected chi connectivity index (χ2v) is 4.49. The van der Waals surface area contributed by atoms with Crippen molar-refractivity contribution < 1.29 is 9.18 Å². The van der Waals surface area contributed by atoms with Crippen molar-refractivity contribution in [1.29, 1.82) is 0 Å². The summed E-state index contributed by atoms with van der Waals surface area (Å²) in [7, 11) is 0. The third kappa shape index (κ3) is 2.58. The second-order valence-electron chi connectivity index (χ2n) is 4.49. The van der Waals surface area contributed by atoms with E-state index in [9.17, 15) is 9.18 Å². The predicted molar refractivity (Wildman–Crippen MR) is 75.8 cm³/mol. The highest BCUT2D eigenvalue weighted by atomic mass is 19.1. The first-order valence-corrected chi connectivity index (χ1v) is 6.31. The number of rotatable bonds is 3. The van der Waals surface area contributed by atoms with Crippen molar-refractivity contribution in [2.75, 3.05) is 5.32 Å². The van der Waals surface area contributed by atoms with E-state index in [-0.39, 0.29) is 5.91 Å². The average Bonchev–Trinajstić information content (AvgIpc) is 2.90. The molecule has 0 atom stereocenters. The molecule has 0 saturated heterocycles. The van der Waals surface area contributed by atoms with Crippen molar-refractivity contribution in [1.82, 2.24) is 19.7 Å². The Morgan fingerprint density at radius 1 is 1.38 bits per heavy atom. The largest absolute Gasteiger partial charge is 0.311 e. The van der Waals surface area contributed by atoms with E-state index in [1.165, 1.54) is 6.92 Å². The SMILES string of the molecule is CC(=O)Nc1cc2c(cn1)cnn2-c1cccc(CF)n1. The lowest BCUT2D eigenvalue weighted by molar-refractivity contribution is -0.114. The van der Waals surface area contributed by atoms with Gasteiger partial charge in [-0.1, -0.05) is 6.07 Å². The van der Waals surface area contributed by atoms with Crippen LogP contribution in [0.1, 0.15) is 12.6 Å². The molecule has 0 fully saturated rings. The lowest BCUT2D eigenvalue weighted by Crippen LogP contribution is -2.07. The Labute approximate surface area is 119 Å². The van der Waals surface area contributed by atoms with Crippen LogP contribution in [-0.4, -0.2) is 25.7 Å². The van der Waals surface area contributed by atoms with Crippen molar-refractivity contribution in [2.24, 2.45) is 0 Å². The summed E-state index contributed by atoms with van der Waals surface area (Å²) >= 11 is 0. The van der Waals surface area contributed by atoms with Gasteiger partial charge in [0.1, 0.15) is 12.5 Å². The van der Waals surface area contributed by atoms with Crippen LogP contribution in [0.4, 0.5) is 10.2 Å². The van der Waals surface area contributed by atoms with Gasteiger partial charge in [-0.3, -0.25) is 4.79 Å². The fourth-order valence-electron chi connectivity index (χ4n) is 2.01. The Balaban J connectivity index is 2.11. The van der Waals surface area contributed by atoms with E-state index in [4.69, 9.17) is 0 Å². The van der Waals surface area contributed by atoms with Crippen LogP contribution < -0.4 is 5.32 Å². The van der Waals surface area contributed by atoms with E-state index in [1.807, 2.05) is 0 Å². The van der Waals surface area contributed by atoms with Crippen molar-refractivity contribution in [3.8, 4) is 5.82 Å². The number of alkyl halides is 1. The number of fused-ring (bicyclic) bond motifs is 1. The van der Waals surface area contributed by atoms with Crippen LogP contribution in [-0.2, 0) is 11.5 Å². The van der Waals surface area contributed by atoms with Crippen LogP contribution in [0.25, 0.3) is 16.7 Å². The number of nitrogens with one attached hydrogen (secondary N) is 1. The molecule has 7 heteroatoms. The minimum atomic E-state index is -0.633. The van der Waals surface area contributed by atoms with Gasteiger partial charge in [-0.05, 0) is 12.1 Å². The number of amides is 1. The zero-order valence-electron chi connectivity index (χ0n) is 11.2. The van der Waals surface area contributed by atoms with Gasteiger partial charge in [0.25, 0.3) is 0 Å². The minimum absolute atomic E-state index is 0.203. The molecule has 106 valence electrons. The highest BCUT2D eigenvalue weighted by Gasteiger charge is 2.09. The second kappa shape index (κ2) is 5.28. The van der Waals surface area contributed by atoms with E-state index >= 15 is 0 Å². The topological polar surface area (TPSA) is 72.7 Å². The molecule has 0 bridgehead atoms. The standard InChI is InChI=1S/C14H12FN5O/c1-9(21)18-13-5-12-10(7-16-13)8-17-20(12)14-4-2-3-11(6-15)19-14/h2-5,7-8H,6H2,1H3,(H,16,18,21). The van der Waals surface area contributed by atoms with Crippen molar-refractivity contribution >= 4 is 22.6 Å². The molecule has 3 aromatic heterocycles. The maximum absolute atomic E-state index is 12.7. The van der Waals surface area contributed by atoms with Gasteiger partial charge in [-0.2, -0.15) is 5.10 Å². The molecule has 6 nitrogen and oxygen atoms in total. The highest BCUT2D eigenvalue weighted by molar-refractivity contribution is 5.90. The lowest BCUT2D eigenvalue weighted by Gasteiger charge is -2.05. The van der Waals surface area contributed by atoms with Crippen LogP contribution in [0.5, 0.6) is 0 Å². The Morgan fingerprint density at radius 2 is 2.24 bits per heavy atom. The Kier molecular flexibility index (Phi) is 3.31. The number of nitrogens with zero attached hydrogens (tertiary/aromatic N) is 4. The van der Waals surface area contributed by atoms with E-state index < -0.39 is 6.67 Å². The molecule has 0 saturated carbocycles. The van der Waals surface area contributed by atoms with E-state index in [1.54, 1.807) is 41.3 Å². The molecule has 0 spiro atoms. The van der Waals surface area contributed by atoms with Crippen molar-refractivity contribution in [2.45, 2.75) is 13.6 Å². The summed E-state index contributed by atoms with van der Waals surface area (Å²) in [5.41, 5.74) is 1.07. The lowest BCUT2D eigenvalue weighted by atomic mass is 10.3. The maximum atomic E-state index is 12.7. The number of hydrogen-bond acceptors (Lipinski definition) is 4. The van der Waals surface area contributed by atoms with Gasteiger partial charge in [-0.15, -0.1) is 0 Å². The fraction of sp³-hybridized carbons (Fsp3) is 0.143. The van der Waals surface area contributed by atoms with Gasteiger partial charge < -0.3 is 5.32 Å². The number of aromatic nitrogens is 4. The normalized spacial score (nSPS) is 10.8. The van der Waals surface area contributed by atoms with Gasteiger partial charge in [0.2, 0.25) is 5.91 Å². The number of pyridine rings is 2. The summed E-state index contributed by atoms with van der Waals surface area (Å²) in [5.74, 6) is 0.740. The molecule has 3 rings (SSSR count). The third-order valence-corrected chi connectivity index (χ3v) is 2.90. The molecule has 1 amide bonds. The molecular formula is C14H12FN5O. The molecule has 0 radical (unpaired) electrons. The Hall–Kier alpha value is -2.83. The fourth-order valence-corrected chi connectivity index (χ4v) is 2.01. The van der Waals surface area contributed by atoms with Crippen LogP contribution in [0, 0.1) is 0 Å². The molecule has 3 aromatic rings. The number of carbonyl (C=O) groups excluding carboxylic acids is 1. The quantitative estimate of drug-likeness (QED) is 0.801. The Bertz CT molecular complexity index is 814. The van der Waals surface area contributed by atoms with Gasteiger partial charge in [0.05, 0.1) is 17.4 Å². The summed E-state index contributed by atoms with van der Waals surface area (Å²) < 4.78 is 14.3. The number of anilines is 1. The zero-order valence-corrected chi connectivity index (χ0v) is 11.2. The smallest absolute Gasteiger partial charge is 0.222 e. The molecule has 0 aliphatic carbocycles. The van der Waals surface area contributed by atoms with Crippen LogP contribution in [0.15, 0.2) is 36.7 Å². The number of carbonyl (C=O) groups is 1.